The molecule has 5 nitrogen and oxygen atoms in total. The number of pyridine rings is 1. The molecule has 2 N–H and O–H groups in total. The summed E-state index contributed by atoms with van der Waals surface area (Å²) >= 11 is 0. The Bertz CT molecular complexity index is 857. The normalized spacial score (nSPS) is 22.5. The molecule has 0 spiro atoms. The minimum absolute atomic E-state index is 0.0456. The Kier molecular flexibility index (Phi) is 3.06. The maximum absolute atomic E-state index is 13.9. The van der Waals surface area contributed by atoms with Crippen molar-refractivity contribution < 1.29 is 14.3 Å². The number of H-pyrrole nitrogens is 1. The van der Waals surface area contributed by atoms with Gasteiger partial charge in [-0.05, 0) is 37.8 Å². The van der Waals surface area contributed by atoms with Gasteiger partial charge in [-0.3, -0.25) is 9.59 Å². The molecule has 6 heteroatoms. The number of benzene rings is 1. The Morgan fingerprint density at radius 1 is 1.39 bits per heavy atom. The number of halogens is 1. The molecule has 2 aliphatic rings. The smallest absolute Gasteiger partial charge is 0.270 e. The van der Waals surface area contributed by atoms with Crippen molar-refractivity contribution in [2.24, 2.45) is 0 Å². The van der Waals surface area contributed by atoms with Crippen LogP contribution in [0.1, 0.15) is 36.2 Å². The molecule has 4 rings (SSSR count). The van der Waals surface area contributed by atoms with Crippen LogP contribution < -0.4 is 5.43 Å². The van der Waals surface area contributed by atoms with Crippen molar-refractivity contribution >= 4 is 16.8 Å². The molecule has 1 aliphatic carbocycles. The number of carbonyl (C=O) groups excluding carboxylic acids is 1. The number of hydrogen-bond acceptors (Lipinski definition) is 3. The molecule has 1 aromatic carbocycles. The van der Waals surface area contributed by atoms with Crippen molar-refractivity contribution in [1.29, 1.82) is 0 Å². The number of nitrogens with zero attached hydrogens (tertiary/aromatic N) is 1. The van der Waals surface area contributed by atoms with E-state index in [2.05, 4.69) is 4.98 Å². The lowest BCUT2D eigenvalue weighted by atomic mass is 10.1. The van der Waals surface area contributed by atoms with Crippen molar-refractivity contribution in [2.75, 3.05) is 6.54 Å². The number of rotatable bonds is 2. The largest absolute Gasteiger partial charge is 0.388 e. The average Bonchev–Trinajstić information content (AvgIpc) is 3.09. The van der Waals surface area contributed by atoms with Crippen LogP contribution in [0.25, 0.3) is 10.9 Å². The highest BCUT2D eigenvalue weighted by Gasteiger charge is 2.52. The average molecular weight is 316 g/mol. The van der Waals surface area contributed by atoms with Gasteiger partial charge in [-0.15, -0.1) is 0 Å². The molecule has 0 bridgehead atoms. The van der Waals surface area contributed by atoms with Crippen molar-refractivity contribution in [3.8, 4) is 0 Å². The molecule has 1 saturated carbocycles. The molecule has 1 saturated heterocycles. The lowest BCUT2D eigenvalue weighted by molar-refractivity contribution is 0.0382. The van der Waals surface area contributed by atoms with E-state index in [0.29, 0.717) is 19.4 Å². The summed E-state index contributed by atoms with van der Waals surface area (Å²) in [7, 11) is 0. The number of nitrogens with one attached hydrogen (secondary N) is 1. The van der Waals surface area contributed by atoms with Gasteiger partial charge in [0.2, 0.25) is 0 Å². The van der Waals surface area contributed by atoms with E-state index in [1.54, 1.807) is 4.90 Å². The van der Waals surface area contributed by atoms with Crippen LogP contribution in [0.4, 0.5) is 4.39 Å². The summed E-state index contributed by atoms with van der Waals surface area (Å²) < 4.78 is 13.9. The number of aliphatic hydroxyl groups is 1. The Morgan fingerprint density at radius 2 is 2.17 bits per heavy atom. The first-order valence-corrected chi connectivity index (χ1v) is 7.84. The number of likely N-dealkylation sites (tertiary alicyclic amines) is 1. The van der Waals surface area contributed by atoms with Gasteiger partial charge in [-0.1, -0.05) is 6.07 Å². The first-order valence-electron chi connectivity index (χ1n) is 7.84. The van der Waals surface area contributed by atoms with Crippen molar-refractivity contribution in [2.45, 2.75) is 37.3 Å². The number of fused-ring (bicyclic) bond motifs is 1. The Hall–Kier alpha value is -2.21. The summed E-state index contributed by atoms with van der Waals surface area (Å²) in [5.41, 5.74) is -1.05. The zero-order chi connectivity index (χ0) is 16.2. The molecule has 1 aliphatic heterocycles. The second-order valence-electron chi connectivity index (χ2n) is 6.47. The minimum Gasteiger partial charge on any atom is -0.388 e. The third kappa shape index (κ3) is 2.25. The van der Waals surface area contributed by atoms with Crippen LogP contribution in [-0.2, 0) is 0 Å². The lowest BCUT2D eigenvalue weighted by Crippen LogP contribution is -2.44. The summed E-state index contributed by atoms with van der Waals surface area (Å²) in [6, 6.07) is 5.24. The van der Waals surface area contributed by atoms with Crippen LogP contribution in [0, 0.1) is 5.82 Å². The van der Waals surface area contributed by atoms with Crippen LogP contribution >= 0.6 is 0 Å². The molecule has 1 atom stereocenters. The Balaban J connectivity index is 1.75. The van der Waals surface area contributed by atoms with Gasteiger partial charge in [0.05, 0.1) is 17.2 Å². The molecule has 2 heterocycles. The molecule has 1 amide bonds. The molecule has 120 valence electrons. The van der Waals surface area contributed by atoms with Gasteiger partial charge in [-0.25, -0.2) is 4.39 Å². The second kappa shape index (κ2) is 4.89. The quantitative estimate of drug-likeness (QED) is 0.887. The van der Waals surface area contributed by atoms with Gasteiger partial charge in [0, 0.05) is 18.0 Å². The summed E-state index contributed by atoms with van der Waals surface area (Å²) in [4.78, 5) is 29.3. The van der Waals surface area contributed by atoms with Gasteiger partial charge in [-0.2, -0.15) is 0 Å². The number of aromatic amines is 1. The van der Waals surface area contributed by atoms with Crippen molar-refractivity contribution in [3.63, 3.8) is 0 Å². The van der Waals surface area contributed by atoms with E-state index in [0.717, 1.165) is 12.8 Å². The van der Waals surface area contributed by atoms with Crippen LogP contribution in [0.15, 0.2) is 29.1 Å². The lowest BCUT2D eigenvalue weighted by Gasteiger charge is -2.28. The number of aromatic nitrogens is 1. The second-order valence-corrected chi connectivity index (χ2v) is 6.47. The molecular formula is C17H17FN2O3. The number of para-hydroxylation sites is 1. The van der Waals surface area contributed by atoms with Gasteiger partial charge < -0.3 is 15.0 Å². The van der Waals surface area contributed by atoms with Crippen molar-refractivity contribution in [1.82, 2.24) is 9.88 Å². The number of amides is 1. The predicted molar refractivity (Wildman–Crippen MR) is 82.8 cm³/mol. The maximum atomic E-state index is 13.9. The van der Waals surface area contributed by atoms with Gasteiger partial charge in [0.15, 0.2) is 5.43 Å². The standard InChI is InChI=1S/C17H17FN2O3/c18-11-4-1-3-10-13(21)9-12(19-15(10)11)16(22)20-8-2-5-14(20)17(23)6-7-17/h1,3-4,9,14,23H,2,5-8H2,(H,19,21). The van der Waals surface area contributed by atoms with Gasteiger partial charge in [0.1, 0.15) is 11.5 Å². The zero-order valence-corrected chi connectivity index (χ0v) is 12.5. The number of hydrogen-bond donors (Lipinski definition) is 2. The van der Waals surface area contributed by atoms with Crippen molar-refractivity contribution in [3.05, 3.63) is 46.0 Å². The van der Waals surface area contributed by atoms with Gasteiger partial charge in [0.25, 0.3) is 5.91 Å². The SMILES string of the molecule is O=C(c1cc(=O)c2cccc(F)c2[nH]1)N1CCCC1C1(O)CC1. The third-order valence-electron chi connectivity index (χ3n) is 4.94. The molecular weight excluding hydrogens is 299 g/mol. The van der Waals surface area contributed by atoms with Crippen LogP contribution in [0.5, 0.6) is 0 Å². The number of carbonyl (C=O) groups is 1. The maximum Gasteiger partial charge on any atom is 0.270 e. The predicted octanol–water partition coefficient (Wildman–Crippen LogP) is 1.80. The molecule has 1 unspecified atom stereocenters. The van der Waals surface area contributed by atoms with E-state index in [1.807, 2.05) is 0 Å². The van der Waals surface area contributed by atoms with Crippen LogP contribution in [-0.4, -0.2) is 39.1 Å². The molecule has 1 aromatic heterocycles. The highest BCUT2D eigenvalue weighted by atomic mass is 19.1. The molecule has 23 heavy (non-hydrogen) atoms. The fourth-order valence-electron chi connectivity index (χ4n) is 3.54. The van der Waals surface area contributed by atoms with Gasteiger partial charge >= 0.3 is 0 Å². The summed E-state index contributed by atoms with van der Waals surface area (Å²) in [5.74, 6) is -0.914. The first-order chi connectivity index (χ1) is 11.0. The summed E-state index contributed by atoms with van der Waals surface area (Å²) in [5, 5.41) is 10.6. The van der Waals surface area contributed by atoms with Crippen LogP contribution in [0.2, 0.25) is 0 Å². The van der Waals surface area contributed by atoms with Crippen LogP contribution in [0.3, 0.4) is 0 Å². The fraction of sp³-hybridized carbons (Fsp3) is 0.412. The van der Waals surface area contributed by atoms with E-state index in [4.69, 9.17) is 0 Å². The molecule has 2 aromatic rings. The van der Waals surface area contributed by atoms with E-state index < -0.39 is 11.4 Å². The molecule has 0 radical (unpaired) electrons. The Morgan fingerprint density at radius 3 is 2.91 bits per heavy atom. The fourth-order valence-corrected chi connectivity index (χ4v) is 3.54. The highest BCUT2D eigenvalue weighted by molar-refractivity contribution is 5.95. The molecule has 2 fully saturated rings. The van der Waals surface area contributed by atoms with E-state index >= 15 is 0 Å². The third-order valence-corrected chi connectivity index (χ3v) is 4.94. The highest BCUT2D eigenvalue weighted by Crippen LogP contribution is 2.44. The van der Waals surface area contributed by atoms with E-state index in [-0.39, 0.29) is 34.0 Å². The monoisotopic (exact) mass is 316 g/mol. The summed E-state index contributed by atoms with van der Waals surface area (Å²) in [6.45, 7) is 0.545. The summed E-state index contributed by atoms with van der Waals surface area (Å²) in [6.07, 6.45) is 2.98. The first kappa shape index (κ1) is 14.4. The van der Waals surface area contributed by atoms with E-state index in [9.17, 15) is 19.1 Å². The Labute approximate surface area is 131 Å². The minimum atomic E-state index is -0.783. The topological polar surface area (TPSA) is 73.4 Å². The van der Waals surface area contributed by atoms with E-state index in [1.165, 1.54) is 24.3 Å². The zero-order valence-electron chi connectivity index (χ0n) is 12.5.